The van der Waals surface area contributed by atoms with Gasteiger partial charge in [-0.3, -0.25) is 4.18 Å². The number of aromatic nitrogens is 2. The molecule has 1 heterocycles. The maximum absolute atomic E-state index is 10.5. The zero-order chi connectivity index (χ0) is 9.03. The van der Waals surface area contributed by atoms with Gasteiger partial charge in [0, 0.05) is 18.0 Å². The second-order valence-electron chi connectivity index (χ2n) is 2.21. The highest BCUT2D eigenvalue weighted by Gasteiger charge is 2.01. The quantitative estimate of drug-likeness (QED) is 0.622. The third-order valence-electron chi connectivity index (χ3n) is 1.05. The first-order valence-corrected chi connectivity index (χ1v) is 4.98. The maximum Gasteiger partial charge on any atom is 0.264 e. The first kappa shape index (κ1) is 9.08. The highest BCUT2D eigenvalue weighted by molar-refractivity contribution is 7.85. The Morgan fingerprint density at radius 1 is 1.42 bits per heavy atom. The van der Waals surface area contributed by atoms with E-state index in [1.807, 2.05) is 0 Å². The van der Waals surface area contributed by atoms with E-state index < -0.39 is 10.1 Å². The summed E-state index contributed by atoms with van der Waals surface area (Å²) < 4.78 is 25.6. The Bertz CT molecular complexity index is 335. The Hall–Kier alpha value is -1.01. The molecule has 0 aromatic carbocycles. The van der Waals surface area contributed by atoms with Crippen molar-refractivity contribution in [2.24, 2.45) is 0 Å². The van der Waals surface area contributed by atoms with Gasteiger partial charge in [0.1, 0.15) is 6.33 Å². The topological polar surface area (TPSA) is 69.2 Å². The van der Waals surface area contributed by atoms with Gasteiger partial charge in [-0.15, -0.1) is 0 Å². The van der Waals surface area contributed by atoms with Gasteiger partial charge in [-0.2, -0.15) is 8.42 Å². The highest BCUT2D eigenvalue weighted by Crippen LogP contribution is 1.98. The summed E-state index contributed by atoms with van der Waals surface area (Å²) in [4.78, 5) is 7.40. The van der Waals surface area contributed by atoms with Gasteiger partial charge < -0.3 is 0 Å². The molecule has 12 heavy (non-hydrogen) atoms. The second-order valence-corrected chi connectivity index (χ2v) is 3.86. The van der Waals surface area contributed by atoms with Crippen molar-refractivity contribution < 1.29 is 12.6 Å². The van der Waals surface area contributed by atoms with Crippen LogP contribution in [0.3, 0.4) is 0 Å². The minimum absolute atomic E-state index is 0.0142. The van der Waals surface area contributed by atoms with Crippen LogP contribution in [0.4, 0.5) is 0 Å². The number of nitrogens with zero attached hydrogens (tertiary/aromatic N) is 2. The van der Waals surface area contributed by atoms with Crippen molar-refractivity contribution in [3.8, 4) is 0 Å². The van der Waals surface area contributed by atoms with Crippen LogP contribution in [0.25, 0.3) is 0 Å². The lowest BCUT2D eigenvalue weighted by Gasteiger charge is -1.98. The summed E-state index contributed by atoms with van der Waals surface area (Å²) in [6.07, 6.45) is 5.36. The molecule has 0 atom stereocenters. The molecule has 6 heteroatoms. The van der Waals surface area contributed by atoms with Crippen molar-refractivity contribution in [3.63, 3.8) is 0 Å². The van der Waals surface area contributed by atoms with E-state index in [4.69, 9.17) is 0 Å². The molecule has 1 aromatic heterocycles. The van der Waals surface area contributed by atoms with Crippen molar-refractivity contribution in [2.45, 2.75) is 6.61 Å². The molecule has 1 rings (SSSR count). The van der Waals surface area contributed by atoms with E-state index in [2.05, 4.69) is 14.2 Å². The summed E-state index contributed by atoms with van der Waals surface area (Å²) in [7, 11) is -3.38. The lowest BCUT2D eigenvalue weighted by Crippen LogP contribution is -2.02. The molecular formula is C6H8N2O3S. The largest absolute Gasteiger partial charge is 0.265 e. The first-order valence-electron chi connectivity index (χ1n) is 3.16. The average Bonchev–Trinajstić information content (AvgIpc) is 2.02. The van der Waals surface area contributed by atoms with Gasteiger partial charge in [0.25, 0.3) is 10.1 Å². The van der Waals surface area contributed by atoms with Crippen molar-refractivity contribution in [1.82, 2.24) is 9.97 Å². The number of hydrogen-bond donors (Lipinski definition) is 0. The van der Waals surface area contributed by atoms with Crippen LogP contribution in [0.2, 0.25) is 0 Å². The lowest BCUT2D eigenvalue weighted by molar-refractivity contribution is 0.311. The molecule has 0 aliphatic heterocycles. The zero-order valence-electron chi connectivity index (χ0n) is 6.47. The Labute approximate surface area is 70.5 Å². The van der Waals surface area contributed by atoms with E-state index in [-0.39, 0.29) is 6.61 Å². The molecule has 0 spiro atoms. The van der Waals surface area contributed by atoms with Gasteiger partial charge in [0.2, 0.25) is 0 Å². The Kier molecular flexibility index (Phi) is 2.72. The first-order chi connectivity index (χ1) is 5.58. The van der Waals surface area contributed by atoms with Crippen LogP contribution in [-0.2, 0) is 20.9 Å². The molecule has 0 bridgehead atoms. The van der Waals surface area contributed by atoms with E-state index in [1.165, 1.54) is 18.7 Å². The van der Waals surface area contributed by atoms with Gasteiger partial charge in [-0.1, -0.05) is 0 Å². The van der Waals surface area contributed by atoms with Gasteiger partial charge >= 0.3 is 0 Å². The SMILES string of the molecule is CS(=O)(=O)OCc1cncnc1. The van der Waals surface area contributed by atoms with Crippen LogP contribution in [0.15, 0.2) is 18.7 Å². The molecule has 0 N–H and O–H groups in total. The van der Waals surface area contributed by atoms with E-state index >= 15 is 0 Å². The molecule has 0 fully saturated rings. The molecule has 0 unspecified atom stereocenters. The standard InChI is InChI=1S/C6H8N2O3S/c1-12(9,10)11-4-6-2-7-5-8-3-6/h2-3,5H,4H2,1H3. The van der Waals surface area contributed by atoms with E-state index in [0.717, 1.165) is 6.26 Å². The minimum Gasteiger partial charge on any atom is -0.265 e. The Morgan fingerprint density at radius 2 is 2.00 bits per heavy atom. The predicted molar refractivity (Wildman–Crippen MR) is 41.7 cm³/mol. The summed E-state index contributed by atoms with van der Waals surface area (Å²) in [5.74, 6) is 0. The van der Waals surface area contributed by atoms with E-state index in [9.17, 15) is 8.42 Å². The summed E-state index contributed by atoms with van der Waals surface area (Å²) in [5.41, 5.74) is 0.628. The fourth-order valence-corrected chi connectivity index (χ4v) is 0.930. The van der Waals surface area contributed by atoms with Crippen LogP contribution < -0.4 is 0 Å². The van der Waals surface area contributed by atoms with E-state index in [1.54, 1.807) is 0 Å². The van der Waals surface area contributed by atoms with Crippen LogP contribution in [0, 0.1) is 0 Å². The van der Waals surface area contributed by atoms with E-state index in [0.29, 0.717) is 5.56 Å². The molecule has 0 saturated carbocycles. The molecule has 0 aliphatic carbocycles. The van der Waals surface area contributed by atoms with Gasteiger partial charge in [-0.05, 0) is 0 Å². The summed E-state index contributed by atoms with van der Waals surface area (Å²) in [6.45, 7) is -0.0142. The van der Waals surface area contributed by atoms with Crippen LogP contribution in [-0.4, -0.2) is 24.6 Å². The third kappa shape index (κ3) is 3.40. The smallest absolute Gasteiger partial charge is 0.264 e. The van der Waals surface area contributed by atoms with Crippen molar-refractivity contribution in [3.05, 3.63) is 24.3 Å². The molecule has 5 nitrogen and oxygen atoms in total. The Balaban J connectivity index is 2.56. The van der Waals surface area contributed by atoms with Crippen LogP contribution in [0.1, 0.15) is 5.56 Å². The fourth-order valence-electron chi connectivity index (χ4n) is 0.580. The highest BCUT2D eigenvalue weighted by atomic mass is 32.2. The third-order valence-corrected chi connectivity index (χ3v) is 1.60. The maximum atomic E-state index is 10.5. The van der Waals surface area contributed by atoms with Crippen molar-refractivity contribution >= 4 is 10.1 Å². The van der Waals surface area contributed by atoms with Gasteiger partial charge in [0.05, 0.1) is 12.9 Å². The summed E-state index contributed by atoms with van der Waals surface area (Å²) in [5, 5.41) is 0. The molecule has 0 radical (unpaired) electrons. The Morgan fingerprint density at radius 3 is 2.50 bits per heavy atom. The second kappa shape index (κ2) is 3.59. The van der Waals surface area contributed by atoms with Crippen molar-refractivity contribution in [1.29, 1.82) is 0 Å². The van der Waals surface area contributed by atoms with Crippen LogP contribution >= 0.6 is 0 Å². The molecule has 0 aliphatic rings. The van der Waals surface area contributed by atoms with Gasteiger partial charge in [0.15, 0.2) is 0 Å². The number of hydrogen-bond acceptors (Lipinski definition) is 5. The molecule has 1 aromatic rings. The lowest BCUT2D eigenvalue weighted by atomic mass is 10.4. The normalized spacial score (nSPS) is 11.4. The zero-order valence-corrected chi connectivity index (χ0v) is 7.28. The summed E-state index contributed by atoms with van der Waals surface area (Å²) >= 11 is 0. The fraction of sp³-hybridized carbons (Fsp3) is 0.333. The van der Waals surface area contributed by atoms with Crippen molar-refractivity contribution in [2.75, 3.05) is 6.26 Å². The summed E-state index contributed by atoms with van der Waals surface area (Å²) in [6, 6.07) is 0. The minimum atomic E-state index is -3.38. The molecule has 0 saturated heterocycles. The molecule has 66 valence electrons. The monoisotopic (exact) mass is 188 g/mol. The van der Waals surface area contributed by atoms with Crippen LogP contribution in [0.5, 0.6) is 0 Å². The van der Waals surface area contributed by atoms with Gasteiger partial charge in [-0.25, -0.2) is 9.97 Å². The predicted octanol–water partition coefficient (Wildman–Crippen LogP) is -0.0472. The average molecular weight is 188 g/mol. The molecule has 0 amide bonds. The number of rotatable bonds is 3. The molecular weight excluding hydrogens is 180 g/mol.